The zero-order valence-corrected chi connectivity index (χ0v) is 18.3. The number of carbonyl (C=O) groups is 1. The van der Waals surface area contributed by atoms with E-state index >= 15 is 0 Å². The number of alkyl halides is 3. The van der Waals surface area contributed by atoms with Gasteiger partial charge in [0.15, 0.2) is 5.78 Å². The molecular weight excluding hydrogens is 435 g/mol. The Bertz CT molecular complexity index is 1260. The van der Waals surface area contributed by atoms with Crippen molar-refractivity contribution >= 4 is 11.4 Å². The van der Waals surface area contributed by atoms with Gasteiger partial charge in [0.05, 0.1) is 30.5 Å². The number of benzene rings is 1. The van der Waals surface area contributed by atoms with Gasteiger partial charge in [-0.05, 0) is 50.1 Å². The van der Waals surface area contributed by atoms with Gasteiger partial charge < -0.3 is 9.47 Å². The van der Waals surface area contributed by atoms with E-state index in [1.165, 1.54) is 13.2 Å². The molecule has 2 aromatic heterocycles. The highest BCUT2D eigenvalue weighted by Crippen LogP contribution is 2.42. The van der Waals surface area contributed by atoms with Crippen molar-refractivity contribution in [2.45, 2.75) is 44.9 Å². The first kappa shape index (κ1) is 22.6. The smallest absolute Gasteiger partial charge is 0.387 e. The predicted molar refractivity (Wildman–Crippen MR) is 114 cm³/mol. The highest BCUT2D eigenvalue weighted by atomic mass is 19.3. The van der Waals surface area contributed by atoms with Gasteiger partial charge in [-0.2, -0.15) is 14.0 Å². The first-order valence-electron chi connectivity index (χ1n) is 10.4. The number of ketones is 1. The van der Waals surface area contributed by atoms with Gasteiger partial charge in [-0.1, -0.05) is 0 Å². The molecule has 0 amide bonds. The number of imidazole rings is 1. The SMILES string of the molecule is COc1cc(-c2cnc3cc(C(C)(C)C#N)ccn23)cc(OC(F)F)c1C(=O)C[C@@H]1C[C@H]1F. The summed E-state index contributed by atoms with van der Waals surface area (Å²) in [6, 6.07) is 8.68. The zero-order valence-electron chi connectivity index (χ0n) is 18.3. The van der Waals surface area contributed by atoms with E-state index in [2.05, 4.69) is 15.8 Å². The third-order valence-corrected chi connectivity index (χ3v) is 5.87. The van der Waals surface area contributed by atoms with E-state index in [4.69, 9.17) is 4.74 Å². The quantitative estimate of drug-likeness (QED) is 0.427. The number of fused-ring (bicyclic) bond motifs is 1. The first-order chi connectivity index (χ1) is 15.6. The molecule has 3 aromatic rings. The van der Waals surface area contributed by atoms with Crippen LogP contribution in [0, 0.1) is 17.2 Å². The molecule has 1 fully saturated rings. The molecule has 1 saturated carbocycles. The monoisotopic (exact) mass is 457 g/mol. The largest absolute Gasteiger partial charge is 0.496 e. The van der Waals surface area contributed by atoms with Crippen LogP contribution in [0.5, 0.6) is 11.5 Å². The van der Waals surface area contributed by atoms with Gasteiger partial charge in [-0.3, -0.25) is 9.20 Å². The number of halogens is 3. The van der Waals surface area contributed by atoms with Gasteiger partial charge in [0.1, 0.15) is 28.9 Å². The molecule has 0 bridgehead atoms. The summed E-state index contributed by atoms with van der Waals surface area (Å²) in [5.74, 6) is -1.20. The summed E-state index contributed by atoms with van der Waals surface area (Å²) >= 11 is 0. The van der Waals surface area contributed by atoms with Gasteiger partial charge >= 0.3 is 6.61 Å². The van der Waals surface area contributed by atoms with E-state index in [1.54, 1.807) is 48.8 Å². The van der Waals surface area contributed by atoms with Crippen LogP contribution in [0.25, 0.3) is 16.9 Å². The number of aromatic nitrogens is 2. The molecule has 172 valence electrons. The third-order valence-electron chi connectivity index (χ3n) is 5.87. The number of hydrogen-bond acceptors (Lipinski definition) is 5. The normalized spacial score (nSPS) is 17.8. The van der Waals surface area contributed by atoms with E-state index in [-0.39, 0.29) is 29.9 Å². The summed E-state index contributed by atoms with van der Waals surface area (Å²) in [5.41, 5.74) is 1.48. The van der Waals surface area contributed by atoms with Gasteiger partial charge in [0.25, 0.3) is 0 Å². The number of methoxy groups -OCH3 is 1. The lowest BCUT2D eigenvalue weighted by molar-refractivity contribution is -0.0502. The third kappa shape index (κ3) is 4.38. The fraction of sp³-hybridized carbons (Fsp3) is 0.375. The number of Topliss-reactive ketones (excluding diaryl/α,β-unsaturated/α-hetero) is 1. The van der Waals surface area contributed by atoms with Crippen LogP contribution >= 0.6 is 0 Å². The minimum atomic E-state index is -3.16. The maximum atomic E-state index is 13.3. The maximum absolute atomic E-state index is 13.3. The van der Waals surface area contributed by atoms with Crippen molar-refractivity contribution in [2.24, 2.45) is 5.92 Å². The number of nitrogens with zero attached hydrogens (tertiary/aromatic N) is 3. The molecule has 33 heavy (non-hydrogen) atoms. The van der Waals surface area contributed by atoms with Crippen LogP contribution in [0.3, 0.4) is 0 Å². The van der Waals surface area contributed by atoms with E-state index in [0.717, 1.165) is 5.56 Å². The second-order valence-electron chi connectivity index (χ2n) is 8.59. The molecule has 2 heterocycles. The zero-order chi connectivity index (χ0) is 23.9. The van der Waals surface area contributed by atoms with Crippen molar-refractivity contribution in [2.75, 3.05) is 7.11 Å². The molecule has 1 aromatic carbocycles. The number of ether oxygens (including phenoxy) is 2. The summed E-state index contributed by atoms with van der Waals surface area (Å²) in [7, 11) is 1.32. The molecule has 9 heteroatoms. The number of rotatable bonds is 8. The molecule has 0 N–H and O–H groups in total. The molecule has 0 saturated heterocycles. The lowest BCUT2D eigenvalue weighted by Gasteiger charge is -2.17. The van der Waals surface area contributed by atoms with Gasteiger partial charge in [0, 0.05) is 24.1 Å². The molecule has 2 atom stereocenters. The summed E-state index contributed by atoms with van der Waals surface area (Å²) < 4.78 is 51.4. The minimum absolute atomic E-state index is 0.0568. The standard InChI is InChI=1S/C24H22F3N3O3/c1-24(2,12-28)15-4-5-30-17(11-29-21(30)10-15)14-8-19(32-3)22(20(9-14)33-23(26)27)18(31)7-13-6-16(13)25/h4-5,8-11,13,16,23H,6-7H2,1-3H3/t13-,16+/m0/s1. The predicted octanol–water partition coefficient (Wildman–Crippen LogP) is 5.34. The molecule has 0 radical (unpaired) electrons. The number of hydrogen-bond donors (Lipinski definition) is 0. The van der Waals surface area contributed by atoms with Crippen LogP contribution in [0.1, 0.15) is 42.6 Å². The molecule has 6 nitrogen and oxygen atoms in total. The van der Waals surface area contributed by atoms with E-state index in [1.807, 2.05) is 0 Å². The van der Waals surface area contributed by atoms with E-state index in [0.29, 0.717) is 16.9 Å². The summed E-state index contributed by atoms with van der Waals surface area (Å²) in [6.07, 6.45) is 2.42. The van der Waals surface area contributed by atoms with Gasteiger partial charge in [-0.25, -0.2) is 9.37 Å². The Morgan fingerprint density at radius 3 is 2.64 bits per heavy atom. The van der Waals surface area contributed by atoms with Crippen LogP contribution in [0.4, 0.5) is 13.2 Å². The first-order valence-corrected chi connectivity index (χ1v) is 10.4. The highest BCUT2D eigenvalue weighted by Gasteiger charge is 2.40. The molecule has 1 aliphatic rings. The molecule has 0 unspecified atom stereocenters. The van der Waals surface area contributed by atoms with Crippen molar-refractivity contribution in [3.63, 3.8) is 0 Å². The summed E-state index contributed by atoms with van der Waals surface area (Å²) in [5, 5.41) is 9.39. The number of pyridine rings is 1. The number of carbonyl (C=O) groups excluding carboxylic acids is 1. The molecule has 0 aliphatic heterocycles. The molecule has 4 rings (SSSR count). The van der Waals surface area contributed by atoms with Crippen LogP contribution < -0.4 is 9.47 Å². The Morgan fingerprint density at radius 1 is 1.33 bits per heavy atom. The Kier molecular flexibility index (Phi) is 5.78. The van der Waals surface area contributed by atoms with Gasteiger partial charge in [0.2, 0.25) is 0 Å². The second-order valence-corrected chi connectivity index (χ2v) is 8.59. The Labute approximate surface area is 188 Å². The molecule has 1 aliphatic carbocycles. The minimum Gasteiger partial charge on any atom is -0.496 e. The van der Waals surface area contributed by atoms with Crippen LogP contribution in [0.15, 0.2) is 36.7 Å². The van der Waals surface area contributed by atoms with Crippen molar-refractivity contribution in [3.8, 4) is 28.8 Å². The van der Waals surface area contributed by atoms with Crippen LogP contribution in [0.2, 0.25) is 0 Å². The molecule has 0 spiro atoms. The Morgan fingerprint density at radius 2 is 2.03 bits per heavy atom. The van der Waals surface area contributed by atoms with Crippen molar-refractivity contribution in [3.05, 3.63) is 47.8 Å². The average molecular weight is 457 g/mol. The Hall–Kier alpha value is -3.54. The summed E-state index contributed by atoms with van der Waals surface area (Å²) in [4.78, 5) is 17.2. The highest BCUT2D eigenvalue weighted by molar-refractivity contribution is 6.02. The van der Waals surface area contributed by atoms with Gasteiger partial charge in [-0.15, -0.1) is 0 Å². The van der Waals surface area contributed by atoms with Crippen molar-refractivity contribution in [1.82, 2.24) is 9.38 Å². The van der Waals surface area contributed by atoms with Crippen molar-refractivity contribution < 1.29 is 27.4 Å². The molecular formula is C24H22F3N3O3. The fourth-order valence-electron chi connectivity index (χ4n) is 3.77. The van der Waals surface area contributed by atoms with Crippen LogP contribution in [-0.2, 0) is 5.41 Å². The number of nitriles is 1. The van der Waals surface area contributed by atoms with E-state index in [9.17, 15) is 23.2 Å². The summed E-state index contributed by atoms with van der Waals surface area (Å²) in [6.45, 7) is 0.429. The maximum Gasteiger partial charge on any atom is 0.387 e. The fourth-order valence-corrected chi connectivity index (χ4v) is 3.77. The van der Waals surface area contributed by atoms with E-state index < -0.39 is 29.9 Å². The lowest BCUT2D eigenvalue weighted by atomic mass is 9.87. The van der Waals surface area contributed by atoms with Crippen LogP contribution in [-0.4, -0.2) is 35.1 Å². The second kappa shape index (κ2) is 8.43. The topological polar surface area (TPSA) is 76.6 Å². The van der Waals surface area contributed by atoms with Crippen molar-refractivity contribution in [1.29, 1.82) is 5.26 Å². The Balaban J connectivity index is 1.80. The average Bonchev–Trinajstić information content (AvgIpc) is 3.30. The lowest BCUT2D eigenvalue weighted by Crippen LogP contribution is -2.14.